The summed E-state index contributed by atoms with van der Waals surface area (Å²) in [5.41, 5.74) is 5.09. The Morgan fingerprint density at radius 1 is 1.37 bits per heavy atom. The number of cyclic esters (lactones) is 1. The van der Waals surface area contributed by atoms with Crippen molar-refractivity contribution in [2.24, 2.45) is 11.7 Å². The van der Waals surface area contributed by atoms with Crippen LogP contribution in [0.4, 0.5) is 9.59 Å². The largest absolute Gasteiger partial charge is 0.444 e. The first kappa shape index (κ1) is 24.2. The SMILES string of the molecule is CC1C(OS(C)(=O)=O)OC(=O)N1CCC1CCN(C(=O)OC(C)(C)C)C(C(=N)N)C1. The predicted molar refractivity (Wildman–Crippen MR) is 108 cm³/mol. The van der Waals surface area contributed by atoms with Gasteiger partial charge in [0.25, 0.3) is 10.1 Å². The number of nitrogens with two attached hydrogens (primary N) is 1. The van der Waals surface area contributed by atoms with Gasteiger partial charge in [-0.15, -0.1) is 0 Å². The number of nitrogens with zero attached hydrogens (tertiary/aromatic N) is 2. The Labute approximate surface area is 177 Å². The molecule has 0 aliphatic carbocycles. The second kappa shape index (κ2) is 8.96. The van der Waals surface area contributed by atoms with Gasteiger partial charge in [-0.2, -0.15) is 8.42 Å². The molecule has 0 aromatic carbocycles. The first-order valence-electron chi connectivity index (χ1n) is 9.87. The molecule has 2 rings (SSSR count). The minimum Gasteiger partial charge on any atom is -0.444 e. The molecular weight excluding hydrogens is 416 g/mol. The maximum absolute atomic E-state index is 12.5. The number of carbonyl (C=O) groups is 2. The molecule has 2 heterocycles. The van der Waals surface area contributed by atoms with E-state index < -0.39 is 46.3 Å². The molecule has 2 aliphatic heterocycles. The van der Waals surface area contributed by atoms with E-state index in [1.807, 2.05) is 0 Å². The van der Waals surface area contributed by atoms with Gasteiger partial charge in [0, 0.05) is 13.1 Å². The number of amidine groups is 1. The summed E-state index contributed by atoms with van der Waals surface area (Å²) in [5.74, 6) is 0.00795. The zero-order valence-corrected chi connectivity index (χ0v) is 18.9. The highest BCUT2D eigenvalue weighted by Gasteiger charge is 2.42. The number of hydrogen-bond donors (Lipinski definition) is 2. The molecule has 0 bridgehead atoms. The highest BCUT2D eigenvalue weighted by atomic mass is 32.2. The third kappa shape index (κ3) is 6.46. The van der Waals surface area contributed by atoms with Gasteiger partial charge in [0.15, 0.2) is 0 Å². The second-order valence-corrected chi connectivity index (χ2v) is 10.4. The summed E-state index contributed by atoms with van der Waals surface area (Å²) >= 11 is 0. The summed E-state index contributed by atoms with van der Waals surface area (Å²) < 4.78 is 37.9. The van der Waals surface area contributed by atoms with E-state index in [9.17, 15) is 18.0 Å². The van der Waals surface area contributed by atoms with Crippen LogP contribution in [0.15, 0.2) is 0 Å². The molecule has 11 nitrogen and oxygen atoms in total. The van der Waals surface area contributed by atoms with Crippen LogP contribution in [0.5, 0.6) is 0 Å². The number of amides is 2. The van der Waals surface area contributed by atoms with Crippen LogP contribution in [-0.4, -0.2) is 79.6 Å². The predicted octanol–water partition coefficient (Wildman–Crippen LogP) is 1.47. The maximum Gasteiger partial charge on any atom is 0.412 e. The molecule has 0 radical (unpaired) electrons. The average molecular weight is 449 g/mol. The van der Waals surface area contributed by atoms with Crippen LogP contribution in [0.25, 0.3) is 0 Å². The van der Waals surface area contributed by atoms with Gasteiger partial charge in [-0.05, 0) is 52.9 Å². The van der Waals surface area contributed by atoms with E-state index >= 15 is 0 Å². The van der Waals surface area contributed by atoms with Crippen LogP contribution in [0.3, 0.4) is 0 Å². The van der Waals surface area contributed by atoms with Gasteiger partial charge in [0.05, 0.1) is 18.3 Å². The lowest BCUT2D eigenvalue weighted by Crippen LogP contribution is -2.53. The third-order valence-corrected chi connectivity index (χ3v) is 5.62. The van der Waals surface area contributed by atoms with Gasteiger partial charge >= 0.3 is 12.2 Å². The van der Waals surface area contributed by atoms with Gasteiger partial charge < -0.3 is 15.2 Å². The number of rotatable bonds is 6. The monoisotopic (exact) mass is 448 g/mol. The van der Waals surface area contributed by atoms with Gasteiger partial charge in [0.2, 0.25) is 6.29 Å². The Kier molecular flexibility index (Phi) is 7.23. The van der Waals surface area contributed by atoms with E-state index in [2.05, 4.69) is 0 Å². The molecule has 4 atom stereocenters. The van der Waals surface area contributed by atoms with E-state index in [1.54, 1.807) is 27.7 Å². The van der Waals surface area contributed by atoms with Crippen molar-refractivity contribution < 1.29 is 31.7 Å². The summed E-state index contributed by atoms with van der Waals surface area (Å²) in [7, 11) is -3.76. The molecule has 2 fully saturated rings. The number of hydrogen-bond acceptors (Lipinski definition) is 8. The van der Waals surface area contributed by atoms with E-state index in [1.165, 1.54) is 9.80 Å². The number of nitrogens with one attached hydrogen (secondary N) is 1. The quantitative estimate of drug-likeness (QED) is 0.352. The first-order chi connectivity index (χ1) is 13.7. The Bertz CT molecular complexity index is 780. The van der Waals surface area contributed by atoms with Crippen LogP contribution in [0.1, 0.15) is 47.0 Å². The smallest absolute Gasteiger partial charge is 0.412 e. The van der Waals surface area contributed by atoms with Crippen LogP contribution in [-0.2, 0) is 23.8 Å². The van der Waals surface area contributed by atoms with Crippen molar-refractivity contribution in [2.75, 3.05) is 19.3 Å². The molecule has 2 saturated heterocycles. The van der Waals surface area contributed by atoms with Crippen LogP contribution in [0, 0.1) is 11.3 Å². The van der Waals surface area contributed by atoms with Gasteiger partial charge in [-0.25, -0.2) is 13.8 Å². The van der Waals surface area contributed by atoms with Crippen molar-refractivity contribution in [2.45, 2.75) is 70.9 Å². The molecule has 0 aromatic rings. The fourth-order valence-electron chi connectivity index (χ4n) is 3.60. The van der Waals surface area contributed by atoms with Crippen LogP contribution >= 0.6 is 0 Å². The molecule has 12 heteroatoms. The lowest BCUT2D eigenvalue weighted by atomic mass is 9.88. The van der Waals surface area contributed by atoms with Crippen LogP contribution < -0.4 is 5.73 Å². The summed E-state index contributed by atoms with van der Waals surface area (Å²) in [6.45, 7) is 7.71. The van der Waals surface area contributed by atoms with Gasteiger partial charge in [0.1, 0.15) is 11.4 Å². The molecule has 0 aromatic heterocycles. The van der Waals surface area contributed by atoms with E-state index in [-0.39, 0.29) is 11.8 Å². The molecule has 2 aliphatic rings. The summed E-state index contributed by atoms with van der Waals surface area (Å²) in [4.78, 5) is 27.5. The maximum atomic E-state index is 12.5. The third-order valence-electron chi connectivity index (χ3n) is 5.08. The highest BCUT2D eigenvalue weighted by molar-refractivity contribution is 7.86. The Morgan fingerprint density at radius 3 is 2.53 bits per heavy atom. The lowest BCUT2D eigenvalue weighted by molar-refractivity contribution is -0.00780. The summed E-state index contributed by atoms with van der Waals surface area (Å²) in [6, 6.07) is -1.12. The van der Waals surface area contributed by atoms with Crippen molar-refractivity contribution in [3.63, 3.8) is 0 Å². The Morgan fingerprint density at radius 2 is 2.00 bits per heavy atom. The zero-order chi connectivity index (χ0) is 22.9. The normalized spacial score (nSPS) is 27.7. The van der Waals surface area contributed by atoms with E-state index in [4.69, 9.17) is 24.8 Å². The molecule has 0 spiro atoms. The topological polar surface area (TPSA) is 152 Å². The standard InChI is InChI=1S/C18H32N4O7S/c1-11-15(29-30(5,25)26)27-16(23)21(11)8-6-12-7-9-22(13(10-12)14(19)20)17(24)28-18(2,3)4/h11-13,15H,6-10H2,1-5H3,(H3,19,20). The second-order valence-electron chi connectivity index (χ2n) is 8.81. The molecule has 3 N–H and O–H groups in total. The minimum absolute atomic E-state index is 0.110. The Hall–Kier alpha value is -2.08. The van der Waals surface area contributed by atoms with Gasteiger partial charge in [-0.3, -0.25) is 15.2 Å². The van der Waals surface area contributed by atoms with Crippen molar-refractivity contribution >= 4 is 28.1 Å². The van der Waals surface area contributed by atoms with Crippen molar-refractivity contribution in [3.05, 3.63) is 0 Å². The van der Waals surface area contributed by atoms with Crippen LogP contribution in [0.2, 0.25) is 0 Å². The van der Waals surface area contributed by atoms with Crippen molar-refractivity contribution in [1.29, 1.82) is 5.41 Å². The molecule has 172 valence electrons. The minimum atomic E-state index is -3.76. The van der Waals surface area contributed by atoms with Crippen molar-refractivity contribution in [1.82, 2.24) is 9.80 Å². The van der Waals surface area contributed by atoms with Gasteiger partial charge in [-0.1, -0.05) is 0 Å². The Balaban J connectivity index is 1.95. The molecule has 4 unspecified atom stereocenters. The molecular formula is C18H32N4O7S. The van der Waals surface area contributed by atoms with Crippen molar-refractivity contribution in [3.8, 4) is 0 Å². The molecule has 30 heavy (non-hydrogen) atoms. The number of likely N-dealkylation sites (tertiary alicyclic amines) is 1. The number of ether oxygens (including phenoxy) is 2. The highest BCUT2D eigenvalue weighted by Crippen LogP contribution is 2.29. The summed E-state index contributed by atoms with van der Waals surface area (Å²) in [5, 5.41) is 7.88. The fourth-order valence-corrected chi connectivity index (χ4v) is 4.15. The molecule has 0 saturated carbocycles. The average Bonchev–Trinajstić information content (AvgIpc) is 2.83. The zero-order valence-electron chi connectivity index (χ0n) is 18.1. The first-order valence-corrected chi connectivity index (χ1v) is 11.7. The molecule has 2 amide bonds. The fraction of sp³-hybridized carbons (Fsp3) is 0.833. The van der Waals surface area contributed by atoms with E-state index in [0.717, 1.165) is 6.26 Å². The summed E-state index contributed by atoms with van der Waals surface area (Å²) in [6.07, 6.45) is 0.335. The number of piperidine rings is 1. The van der Waals surface area contributed by atoms with E-state index in [0.29, 0.717) is 32.4 Å². The lowest BCUT2D eigenvalue weighted by Gasteiger charge is -2.39. The number of carbonyl (C=O) groups excluding carboxylic acids is 2.